The number of hydrogen-bond acceptors (Lipinski definition) is 7. The zero-order valence-corrected chi connectivity index (χ0v) is 14.3. The Morgan fingerprint density at radius 3 is 2.96 bits per heavy atom. The molecule has 27 heavy (non-hydrogen) atoms. The molecule has 3 heterocycles. The van der Waals surface area contributed by atoms with E-state index in [4.69, 9.17) is 15.7 Å². The van der Waals surface area contributed by atoms with Crippen molar-refractivity contribution in [3.63, 3.8) is 0 Å². The third kappa shape index (κ3) is 2.95. The van der Waals surface area contributed by atoms with Gasteiger partial charge in [0.1, 0.15) is 40.7 Å². The van der Waals surface area contributed by atoms with Crippen molar-refractivity contribution in [2.24, 2.45) is 16.6 Å². The van der Waals surface area contributed by atoms with Crippen LogP contribution in [0.5, 0.6) is 0 Å². The molecule has 0 aromatic carbocycles. The summed E-state index contributed by atoms with van der Waals surface area (Å²) in [5.41, 5.74) is 5.32. The second-order valence-electron chi connectivity index (χ2n) is 6.62. The van der Waals surface area contributed by atoms with E-state index in [0.717, 1.165) is 0 Å². The van der Waals surface area contributed by atoms with Gasteiger partial charge >= 0.3 is 0 Å². The molecule has 1 fully saturated rings. The number of anilines is 1. The summed E-state index contributed by atoms with van der Waals surface area (Å²) in [5, 5.41) is 11.4. The highest BCUT2D eigenvalue weighted by molar-refractivity contribution is 6.02. The van der Waals surface area contributed by atoms with Crippen molar-refractivity contribution < 1.29 is 13.9 Å². The number of aliphatic imine (C=N–C) groups is 1. The van der Waals surface area contributed by atoms with Crippen LogP contribution in [0.15, 0.2) is 35.5 Å². The number of halogens is 1. The van der Waals surface area contributed by atoms with Crippen LogP contribution in [0.3, 0.4) is 0 Å². The lowest BCUT2D eigenvalue weighted by molar-refractivity contribution is 0.102. The number of aromatic nitrogens is 2. The Morgan fingerprint density at radius 1 is 1.44 bits per heavy atom. The minimum Gasteiger partial charge on any atom is -0.462 e. The topological polar surface area (TPSA) is 126 Å². The number of nitriles is 1. The molecule has 9 heteroatoms. The van der Waals surface area contributed by atoms with Gasteiger partial charge in [0.05, 0.1) is 5.56 Å². The summed E-state index contributed by atoms with van der Waals surface area (Å²) < 4.78 is 19.9. The van der Waals surface area contributed by atoms with Crippen LogP contribution < -0.4 is 11.1 Å². The van der Waals surface area contributed by atoms with E-state index < -0.39 is 17.3 Å². The van der Waals surface area contributed by atoms with Crippen LogP contribution >= 0.6 is 0 Å². The lowest BCUT2D eigenvalue weighted by atomic mass is 9.90. The summed E-state index contributed by atoms with van der Waals surface area (Å²) >= 11 is 0. The molecule has 2 aliphatic rings. The van der Waals surface area contributed by atoms with Crippen molar-refractivity contribution >= 4 is 17.7 Å². The monoisotopic (exact) mass is 366 g/mol. The summed E-state index contributed by atoms with van der Waals surface area (Å²) in [6.07, 6.45) is 1.93. The molecule has 0 spiro atoms. The van der Waals surface area contributed by atoms with E-state index in [1.807, 2.05) is 6.07 Å². The summed E-state index contributed by atoms with van der Waals surface area (Å²) in [6.45, 7) is 1.76. The molecule has 0 bridgehead atoms. The smallest absolute Gasteiger partial charge is 0.283 e. The molecule has 0 unspecified atom stereocenters. The lowest BCUT2D eigenvalue weighted by Gasteiger charge is -2.29. The summed E-state index contributed by atoms with van der Waals surface area (Å²) in [5.74, 6) is -0.899. The van der Waals surface area contributed by atoms with E-state index >= 15 is 0 Å². The molecule has 0 saturated heterocycles. The normalized spacial score (nSPS) is 25.4. The Labute approximate surface area is 153 Å². The Balaban J connectivity index is 1.62. The van der Waals surface area contributed by atoms with Crippen LogP contribution in [0, 0.1) is 23.1 Å². The van der Waals surface area contributed by atoms with Crippen molar-refractivity contribution in [3.05, 3.63) is 53.2 Å². The van der Waals surface area contributed by atoms with Crippen LogP contribution in [0.2, 0.25) is 0 Å². The number of rotatable bonds is 3. The molecule has 1 saturated carbocycles. The zero-order chi connectivity index (χ0) is 19.2. The Hall–Kier alpha value is -3.54. The van der Waals surface area contributed by atoms with Gasteiger partial charge in [0.15, 0.2) is 0 Å². The second-order valence-corrected chi connectivity index (χ2v) is 6.62. The minimum atomic E-state index is -0.954. The van der Waals surface area contributed by atoms with Crippen LogP contribution in [-0.2, 0) is 10.3 Å². The largest absolute Gasteiger partial charge is 0.462 e. The standard InChI is InChI=1S/C18H15FN6O2/c1-18(10-6-13(10)27-17(21)25-18)15-11(19)3-5-14(23-15)24-16(26)12-4-2-9(7-20)8-22-12/h2-5,8,10,13H,6H2,1H3,(H2,21,25)(H,23,24,26)/t10-,13+,18-/m1/s1. The van der Waals surface area contributed by atoms with Gasteiger partial charge in [0.2, 0.25) is 0 Å². The fourth-order valence-corrected chi connectivity index (χ4v) is 3.26. The van der Waals surface area contributed by atoms with E-state index in [0.29, 0.717) is 12.0 Å². The maximum absolute atomic E-state index is 14.5. The second kappa shape index (κ2) is 6.02. The number of fused-ring (bicyclic) bond motifs is 1. The van der Waals surface area contributed by atoms with E-state index in [9.17, 15) is 9.18 Å². The average molecular weight is 366 g/mol. The van der Waals surface area contributed by atoms with Gasteiger partial charge in [0.25, 0.3) is 11.9 Å². The van der Waals surface area contributed by atoms with Gasteiger partial charge in [0, 0.05) is 12.1 Å². The highest BCUT2D eigenvalue weighted by atomic mass is 19.1. The number of amidine groups is 1. The molecule has 2 aromatic rings. The first-order valence-corrected chi connectivity index (χ1v) is 8.27. The number of ether oxygens (including phenoxy) is 1. The first-order chi connectivity index (χ1) is 12.9. The quantitative estimate of drug-likeness (QED) is 0.851. The summed E-state index contributed by atoms with van der Waals surface area (Å²) in [7, 11) is 0. The molecular weight excluding hydrogens is 351 g/mol. The fraction of sp³-hybridized carbons (Fsp3) is 0.278. The summed E-state index contributed by atoms with van der Waals surface area (Å²) in [6, 6.07) is 7.44. The Bertz CT molecular complexity index is 1000. The molecule has 3 atom stereocenters. The molecule has 1 aliphatic carbocycles. The van der Waals surface area contributed by atoms with E-state index in [2.05, 4.69) is 20.3 Å². The molecule has 3 N–H and O–H groups in total. The third-order valence-electron chi connectivity index (χ3n) is 4.76. The van der Waals surface area contributed by atoms with Crippen molar-refractivity contribution in [2.45, 2.75) is 25.0 Å². The molecule has 2 aromatic heterocycles. The Kier molecular flexibility index (Phi) is 3.77. The molecule has 4 rings (SSSR count). The molecule has 8 nitrogen and oxygen atoms in total. The highest BCUT2D eigenvalue weighted by Crippen LogP contribution is 2.52. The number of nitrogens with one attached hydrogen (secondary N) is 1. The summed E-state index contributed by atoms with van der Waals surface area (Å²) in [4.78, 5) is 24.8. The van der Waals surface area contributed by atoms with Gasteiger partial charge in [-0.25, -0.2) is 19.4 Å². The van der Waals surface area contributed by atoms with Gasteiger partial charge < -0.3 is 15.8 Å². The molecule has 0 radical (unpaired) electrons. The Morgan fingerprint density at radius 2 is 2.26 bits per heavy atom. The van der Waals surface area contributed by atoms with Crippen molar-refractivity contribution in [3.8, 4) is 6.07 Å². The first kappa shape index (κ1) is 16.9. The number of carbonyl (C=O) groups excluding carboxylic acids is 1. The SMILES string of the molecule is C[C@@]1(c2nc(NC(=O)c3ccc(C#N)cn3)ccc2F)N=C(N)O[C@H]2C[C@H]21. The van der Waals surface area contributed by atoms with Gasteiger partial charge in [-0.3, -0.25) is 4.79 Å². The van der Waals surface area contributed by atoms with E-state index in [1.165, 1.54) is 30.5 Å². The van der Waals surface area contributed by atoms with Crippen LogP contribution in [0.25, 0.3) is 0 Å². The predicted octanol–water partition coefficient (Wildman–Crippen LogP) is 1.69. The van der Waals surface area contributed by atoms with Crippen LogP contribution in [0.1, 0.15) is 35.1 Å². The number of nitrogens with two attached hydrogens (primary N) is 1. The van der Waals surface area contributed by atoms with E-state index in [-0.39, 0.29) is 35.2 Å². The number of carbonyl (C=O) groups is 1. The zero-order valence-electron chi connectivity index (χ0n) is 14.3. The number of amides is 1. The third-order valence-corrected chi connectivity index (χ3v) is 4.76. The van der Waals surface area contributed by atoms with Crippen molar-refractivity contribution in [1.82, 2.24) is 9.97 Å². The molecular formula is C18H15FN6O2. The molecule has 1 aliphatic heterocycles. The van der Waals surface area contributed by atoms with Crippen molar-refractivity contribution in [2.75, 3.05) is 5.32 Å². The van der Waals surface area contributed by atoms with Gasteiger partial charge in [-0.1, -0.05) is 0 Å². The van der Waals surface area contributed by atoms with E-state index in [1.54, 1.807) is 6.92 Å². The maximum Gasteiger partial charge on any atom is 0.283 e. The highest BCUT2D eigenvalue weighted by Gasteiger charge is 2.58. The minimum absolute atomic E-state index is 0.00803. The van der Waals surface area contributed by atoms with Crippen molar-refractivity contribution in [1.29, 1.82) is 5.26 Å². The fourth-order valence-electron chi connectivity index (χ4n) is 3.26. The maximum atomic E-state index is 14.5. The number of nitrogens with zero attached hydrogens (tertiary/aromatic N) is 4. The van der Waals surface area contributed by atoms with Gasteiger partial charge in [-0.05, 0) is 37.6 Å². The molecule has 1 amide bonds. The first-order valence-electron chi connectivity index (χ1n) is 8.27. The van der Waals surface area contributed by atoms with Gasteiger partial charge in [-0.15, -0.1) is 0 Å². The average Bonchev–Trinajstić information content (AvgIpc) is 3.43. The van der Waals surface area contributed by atoms with Crippen LogP contribution in [0.4, 0.5) is 10.2 Å². The number of hydrogen-bond donors (Lipinski definition) is 2. The number of pyridine rings is 2. The molecule has 136 valence electrons. The lowest BCUT2D eigenvalue weighted by Crippen LogP contribution is -2.36. The predicted molar refractivity (Wildman–Crippen MR) is 93.1 cm³/mol. The van der Waals surface area contributed by atoms with Gasteiger partial charge in [-0.2, -0.15) is 5.26 Å². The van der Waals surface area contributed by atoms with Crippen LogP contribution in [-0.4, -0.2) is 28.0 Å².